The Labute approximate surface area is 338 Å². The van der Waals surface area contributed by atoms with Crippen molar-refractivity contribution in [3.8, 4) is 0 Å². The molecule has 0 fully saturated rings. The van der Waals surface area contributed by atoms with Gasteiger partial charge < -0.3 is 19.3 Å². The zero-order valence-corrected chi connectivity index (χ0v) is 37.0. The minimum Gasteiger partial charge on any atom is -0.462 e. The smallest absolute Gasteiger partial charge is 0.462 e. The molecule has 0 heterocycles. The number of carbonyl (C=O) groups excluding carboxylic acids is 2. The molecular weight excluding hydrogens is 713 g/mol. The van der Waals surface area contributed by atoms with E-state index in [1.54, 1.807) is 0 Å². The third-order valence-corrected chi connectivity index (χ3v) is 10.7. The van der Waals surface area contributed by atoms with Crippen molar-refractivity contribution < 1.29 is 37.6 Å². The number of esters is 2. The van der Waals surface area contributed by atoms with Gasteiger partial charge in [-0.25, -0.2) is 4.57 Å². The average molecular weight is 800 g/mol. The highest BCUT2D eigenvalue weighted by molar-refractivity contribution is 7.47. The summed E-state index contributed by atoms with van der Waals surface area (Å²) >= 11 is 0. The molecule has 1 N–H and O–H groups in total. The van der Waals surface area contributed by atoms with Crippen LogP contribution in [0, 0.1) is 0 Å². The van der Waals surface area contributed by atoms with Crippen LogP contribution >= 0.6 is 7.82 Å². The molecule has 0 rings (SSSR count). The number of allylic oxidation sites excluding steroid dienone is 4. The molecule has 0 aliphatic carbocycles. The Morgan fingerprint density at radius 1 is 0.545 bits per heavy atom. The highest BCUT2D eigenvalue weighted by atomic mass is 31.2. The Bertz CT molecular complexity index is 973. The maximum absolute atomic E-state index is 12.7. The Morgan fingerprint density at radius 3 is 1.36 bits per heavy atom. The van der Waals surface area contributed by atoms with Crippen LogP contribution in [0.25, 0.3) is 0 Å². The van der Waals surface area contributed by atoms with Crippen LogP contribution in [0.15, 0.2) is 24.3 Å². The predicted molar refractivity (Wildman–Crippen MR) is 229 cm³/mol. The number of hydrogen-bond acceptors (Lipinski definition) is 8. The van der Waals surface area contributed by atoms with Crippen molar-refractivity contribution in [1.29, 1.82) is 0 Å². The lowest BCUT2D eigenvalue weighted by Gasteiger charge is -2.20. The Kier molecular flexibility index (Phi) is 39.6. The first-order valence-corrected chi connectivity index (χ1v) is 24.1. The molecule has 10 heteroatoms. The van der Waals surface area contributed by atoms with Crippen molar-refractivity contribution in [2.45, 2.75) is 213 Å². The van der Waals surface area contributed by atoms with Gasteiger partial charge in [-0.15, -0.1) is 0 Å². The molecule has 55 heavy (non-hydrogen) atoms. The predicted octanol–water partition coefficient (Wildman–Crippen LogP) is 13.0. The summed E-state index contributed by atoms with van der Waals surface area (Å²) in [5, 5.41) is 0. The molecule has 0 saturated heterocycles. The van der Waals surface area contributed by atoms with Crippen molar-refractivity contribution in [1.82, 2.24) is 4.90 Å². The van der Waals surface area contributed by atoms with E-state index in [2.05, 4.69) is 38.2 Å². The molecular formula is C45H86NO8P. The number of carbonyl (C=O) groups is 2. The molecule has 2 unspecified atom stereocenters. The molecule has 0 bridgehead atoms. The van der Waals surface area contributed by atoms with Gasteiger partial charge in [-0.1, -0.05) is 154 Å². The normalized spacial score (nSPS) is 13.6. The topological polar surface area (TPSA) is 112 Å². The number of nitrogens with zero attached hydrogens (tertiary/aromatic N) is 1. The number of rotatable bonds is 42. The SMILES string of the molecule is CCCCCC/C=C\CCCCCCCCCC(=O)OC(COC(=O)CCCCCCCCC/C=C\CCCCCCCC)COP(=O)(O)OCCN(C)C. The summed E-state index contributed by atoms with van der Waals surface area (Å²) in [6, 6.07) is 0. The number of unbranched alkanes of at least 4 members (excludes halogenated alkanes) is 24. The fourth-order valence-corrected chi connectivity index (χ4v) is 6.95. The van der Waals surface area contributed by atoms with Gasteiger partial charge >= 0.3 is 19.8 Å². The van der Waals surface area contributed by atoms with Crippen molar-refractivity contribution in [2.75, 3.05) is 40.5 Å². The lowest BCUT2D eigenvalue weighted by Crippen LogP contribution is -2.29. The van der Waals surface area contributed by atoms with Gasteiger partial charge in [-0.2, -0.15) is 0 Å². The van der Waals surface area contributed by atoms with Gasteiger partial charge in [0, 0.05) is 19.4 Å². The maximum Gasteiger partial charge on any atom is 0.472 e. The van der Waals surface area contributed by atoms with Gasteiger partial charge in [-0.3, -0.25) is 18.6 Å². The molecule has 0 aromatic heterocycles. The van der Waals surface area contributed by atoms with E-state index >= 15 is 0 Å². The van der Waals surface area contributed by atoms with Crippen LogP contribution in [-0.2, 0) is 32.7 Å². The third kappa shape index (κ3) is 41.9. The van der Waals surface area contributed by atoms with E-state index in [0.29, 0.717) is 13.0 Å². The molecule has 9 nitrogen and oxygen atoms in total. The zero-order chi connectivity index (χ0) is 40.5. The monoisotopic (exact) mass is 800 g/mol. The molecule has 0 aliphatic heterocycles. The number of likely N-dealkylation sites (N-methyl/N-ethyl adjacent to an activating group) is 1. The molecule has 324 valence electrons. The lowest BCUT2D eigenvalue weighted by atomic mass is 10.1. The number of phosphoric acid groups is 1. The first-order valence-electron chi connectivity index (χ1n) is 22.6. The van der Waals surface area contributed by atoms with Crippen LogP contribution in [-0.4, -0.2) is 68.3 Å². The highest BCUT2D eigenvalue weighted by Crippen LogP contribution is 2.43. The van der Waals surface area contributed by atoms with Crippen LogP contribution in [0.4, 0.5) is 0 Å². The van der Waals surface area contributed by atoms with E-state index in [0.717, 1.165) is 44.9 Å². The molecule has 0 aliphatic rings. The van der Waals surface area contributed by atoms with E-state index in [1.165, 1.54) is 128 Å². The van der Waals surface area contributed by atoms with E-state index in [4.69, 9.17) is 18.5 Å². The number of phosphoric ester groups is 1. The Hall–Kier alpha value is -1.51. The minimum absolute atomic E-state index is 0.00710. The van der Waals surface area contributed by atoms with Gasteiger partial charge in [0.2, 0.25) is 0 Å². The van der Waals surface area contributed by atoms with Crippen molar-refractivity contribution >= 4 is 19.8 Å². The summed E-state index contributed by atoms with van der Waals surface area (Å²) in [7, 11) is -0.711. The fraction of sp³-hybridized carbons (Fsp3) is 0.867. The van der Waals surface area contributed by atoms with Gasteiger partial charge in [0.1, 0.15) is 6.61 Å². The molecule has 0 radical (unpaired) electrons. The fourth-order valence-electron chi connectivity index (χ4n) is 6.21. The molecule has 0 aromatic carbocycles. The lowest BCUT2D eigenvalue weighted by molar-refractivity contribution is -0.161. The van der Waals surface area contributed by atoms with Crippen molar-refractivity contribution in [2.24, 2.45) is 0 Å². The largest absolute Gasteiger partial charge is 0.472 e. The molecule has 0 amide bonds. The Morgan fingerprint density at radius 2 is 0.927 bits per heavy atom. The first kappa shape index (κ1) is 53.5. The molecule has 2 atom stereocenters. The van der Waals surface area contributed by atoms with Crippen LogP contribution in [0.3, 0.4) is 0 Å². The second-order valence-electron chi connectivity index (χ2n) is 15.6. The summed E-state index contributed by atoms with van der Waals surface area (Å²) in [6.07, 6.45) is 42.1. The van der Waals surface area contributed by atoms with Crippen LogP contribution in [0.2, 0.25) is 0 Å². The molecule has 0 saturated carbocycles. The van der Waals surface area contributed by atoms with Gasteiger partial charge in [-0.05, 0) is 78.3 Å². The van der Waals surface area contributed by atoms with Crippen LogP contribution in [0.5, 0.6) is 0 Å². The minimum atomic E-state index is -4.36. The van der Waals surface area contributed by atoms with Gasteiger partial charge in [0.15, 0.2) is 6.10 Å². The standard InChI is InChI=1S/C45H86NO8P/c1-5-7-9-11-13-15-17-19-21-22-24-25-27-29-31-33-35-37-44(47)51-41-43(42-53-55(49,50)52-40-39-46(3)4)54-45(48)38-36-34-32-30-28-26-23-20-18-16-14-12-10-8-6-2/h16,18-19,21,43H,5-15,17,20,22-42H2,1-4H3,(H,49,50)/b18-16-,21-19-. The second-order valence-corrected chi connectivity index (χ2v) is 17.0. The van der Waals surface area contributed by atoms with Crippen molar-refractivity contribution in [3.05, 3.63) is 24.3 Å². The summed E-state index contributed by atoms with van der Waals surface area (Å²) in [5.41, 5.74) is 0. The first-order chi connectivity index (χ1) is 26.7. The second kappa shape index (κ2) is 40.7. The van der Waals surface area contributed by atoms with E-state index in [9.17, 15) is 19.0 Å². The average Bonchev–Trinajstić information content (AvgIpc) is 3.15. The van der Waals surface area contributed by atoms with Crippen molar-refractivity contribution in [3.63, 3.8) is 0 Å². The summed E-state index contributed by atoms with van der Waals surface area (Å²) in [6.45, 7) is 4.31. The van der Waals surface area contributed by atoms with Gasteiger partial charge in [0.25, 0.3) is 0 Å². The maximum atomic E-state index is 12.7. The summed E-state index contributed by atoms with van der Waals surface area (Å²) in [5.74, 6) is -0.807. The quantitative estimate of drug-likeness (QED) is 0.0279. The summed E-state index contributed by atoms with van der Waals surface area (Å²) in [4.78, 5) is 37.0. The van der Waals surface area contributed by atoms with E-state index in [1.807, 2.05) is 19.0 Å². The summed E-state index contributed by atoms with van der Waals surface area (Å²) < 4.78 is 33.5. The number of ether oxygens (including phenoxy) is 2. The van der Waals surface area contributed by atoms with Crippen LogP contribution < -0.4 is 0 Å². The van der Waals surface area contributed by atoms with E-state index < -0.39 is 26.5 Å². The molecule has 0 spiro atoms. The number of hydrogen-bond donors (Lipinski definition) is 1. The molecule has 0 aromatic rings. The third-order valence-electron chi connectivity index (χ3n) is 9.73. The van der Waals surface area contributed by atoms with E-state index in [-0.39, 0.29) is 32.0 Å². The Balaban J connectivity index is 4.26. The van der Waals surface area contributed by atoms with Crippen LogP contribution in [0.1, 0.15) is 206 Å². The zero-order valence-electron chi connectivity index (χ0n) is 36.1. The highest BCUT2D eigenvalue weighted by Gasteiger charge is 2.26. The van der Waals surface area contributed by atoms with Gasteiger partial charge in [0.05, 0.1) is 13.2 Å².